The summed E-state index contributed by atoms with van der Waals surface area (Å²) in [5.74, 6) is -1.85. The van der Waals surface area contributed by atoms with Gasteiger partial charge in [-0.3, -0.25) is 14.9 Å². The summed E-state index contributed by atoms with van der Waals surface area (Å²) in [5, 5.41) is 14.7. The lowest BCUT2D eigenvalue weighted by atomic mass is 9.83. The predicted octanol–water partition coefficient (Wildman–Crippen LogP) is 5.42. The molecule has 3 amide bonds. The number of likely N-dealkylation sites (N-methyl/N-ethyl adjacent to an activating group) is 1. The Morgan fingerprint density at radius 1 is 1.26 bits per heavy atom. The van der Waals surface area contributed by atoms with Crippen LogP contribution in [0.25, 0.3) is 0 Å². The third-order valence-electron chi connectivity index (χ3n) is 10.5. The molecule has 1 aromatic carbocycles. The number of methoxy groups -OCH3 is 1. The van der Waals surface area contributed by atoms with Gasteiger partial charge in [-0.15, -0.1) is 0 Å². The maximum absolute atomic E-state index is 14.1. The number of thiol groups is 1. The molecule has 0 unspecified atom stereocenters. The summed E-state index contributed by atoms with van der Waals surface area (Å²) in [4.78, 5) is 56.4. The number of esters is 1. The first kappa shape index (κ1) is 44.6. The molecular formula is C38H56ClN3O9S2. The number of aryl methyl sites for hydroxylation is 1. The largest absolute Gasteiger partial charge is 0.457 e. The van der Waals surface area contributed by atoms with Gasteiger partial charge in [0.1, 0.15) is 30.0 Å². The molecule has 12 nitrogen and oxygen atoms in total. The molecule has 2 fully saturated rings. The van der Waals surface area contributed by atoms with Crippen LogP contribution in [0.5, 0.6) is 0 Å². The molecule has 296 valence electrons. The Labute approximate surface area is 330 Å². The summed E-state index contributed by atoms with van der Waals surface area (Å²) in [6.45, 7) is 12.8. The molecule has 3 aliphatic rings. The monoisotopic (exact) mass is 797 g/mol. The van der Waals surface area contributed by atoms with Crippen molar-refractivity contribution in [1.29, 1.82) is 0 Å². The minimum absolute atomic E-state index is 0. The highest BCUT2D eigenvalue weighted by molar-refractivity contribution is 7.81. The lowest BCUT2D eigenvalue weighted by molar-refractivity contribution is -0.162. The van der Waals surface area contributed by atoms with Gasteiger partial charge in [-0.25, -0.2) is 9.59 Å². The number of amides is 3. The van der Waals surface area contributed by atoms with Crippen molar-refractivity contribution in [3.05, 3.63) is 52.1 Å². The molecular weight excluding hydrogens is 742 g/mol. The number of hydrogen-bond donors (Lipinski definition) is 3. The summed E-state index contributed by atoms with van der Waals surface area (Å²) < 4.78 is 23.3. The predicted molar refractivity (Wildman–Crippen MR) is 212 cm³/mol. The minimum Gasteiger partial charge on any atom is -0.457 e. The lowest BCUT2D eigenvalue weighted by Crippen LogP contribution is -2.63. The number of anilines is 1. The molecule has 3 aliphatic heterocycles. The van der Waals surface area contributed by atoms with Crippen molar-refractivity contribution in [1.82, 2.24) is 10.2 Å². The number of epoxide rings is 1. The van der Waals surface area contributed by atoms with E-state index in [0.29, 0.717) is 23.6 Å². The summed E-state index contributed by atoms with van der Waals surface area (Å²) >= 11 is 11.3. The SMILES string of the molecule is CO[C@@H]1/C=C/C=C(\C)Cc2cc(C)c(Cl)c(c2)N(C)C(=O)C[C@H](OC(=O)[C@H](C)N(C)C(=O)CCC(C)(C)S)[C@]2(C)O[C@H]2[C@H](C)[C@@H]2C[C@@]1(O)NC(=O)O2.S. The average molecular weight is 798 g/mol. The summed E-state index contributed by atoms with van der Waals surface area (Å²) in [6.07, 6.45) is 1.92. The van der Waals surface area contributed by atoms with Gasteiger partial charge in [-0.05, 0) is 57.7 Å². The van der Waals surface area contributed by atoms with E-state index in [-0.39, 0.29) is 49.3 Å². The van der Waals surface area contributed by atoms with Crippen molar-refractivity contribution in [2.24, 2.45) is 5.92 Å². The molecule has 53 heavy (non-hydrogen) atoms. The van der Waals surface area contributed by atoms with Crippen molar-refractivity contribution in [2.75, 3.05) is 26.1 Å². The Balaban J connectivity index is 0.00000756. The Kier molecular flexibility index (Phi) is 14.6. The van der Waals surface area contributed by atoms with Crippen LogP contribution in [-0.4, -0.2) is 102 Å². The fourth-order valence-electron chi connectivity index (χ4n) is 6.84. The number of fused-ring (bicyclic) bond motifs is 5. The quantitative estimate of drug-likeness (QED) is 0.187. The van der Waals surface area contributed by atoms with Crippen LogP contribution in [0.3, 0.4) is 0 Å². The highest BCUT2D eigenvalue weighted by Crippen LogP contribution is 2.49. The molecule has 0 radical (unpaired) electrons. The van der Waals surface area contributed by atoms with Crippen LogP contribution >= 0.6 is 37.7 Å². The van der Waals surface area contributed by atoms with E-state index in [9.17, 15) is 24.3 Å². The van der Waals surface area contributed by atoms with Crippen molar-refractivity contribution < 1.29 is 43.2 Å². The molecule has 2 N–H and O–H groups in total. The van der Waals surface area contributed by atoms with Gasteiger partial charge in [-0.1, -0.05) is 62.2 Å². The number of alkyl carbamates (subject to hydrolysis) is 1. The van der Waals surface area contributed by atoms with Gasteiger partial charge in [0, 0.05) is 44.7 Å². The summed E-state index contributed by atoms with van der Waals surface area (Å²) in [6, 6.07) is 2.84. The number of carbonyl (C=O) groups is 4. The Morgan fingerprint density at radius 3 is 2.55 bits per heavy atom. The number of hydrogen-bond acceptors (Lipinski definition) is 10. The van der Waals surface area contributed by atoms with E-state index in [1.165, 1.54) is 24.0 Å². The lowest BCUT2D eigenvalue weighted by Gasteiger charge is -2.42. The van der Waals surface area contributed by atoms with Gasteiger partial charge < -0.3 is 33.9 Å². The zero-order valence-corrected chi connectivity index (χ0v) is 35.0. The maximum Gasteiger partial charge on any atom is 0.409 e. The number of rotatable bonds is 7. The molecule has 4 bridgehead atoms. The number of benzene rings is 1. The second-order valence-electron chi connectivity index (χ2n) is 15.3. The number of nitrogens with zero attached hydrogens (tertiary/aromatic N) is 2. The average Bonchev–Trinajstić information content (AvgIpc) is 3.76. The second kappa shape index (κ2) is 17.4. The van der Waals surface area contributed by atoms with Crippen LogP contribution in [0.15, 0.2) is 35.9 Å². The molecule has 3 heterocycles. The first-order chi connectivity index (χ1) is 24.1. The molecule has 0 spiro atoms. The zero-order valence-electron chi connectivity index (χ0n) is 32.3. The highest BCUT2D eigenvalue weighted by Gasteiger charge is 2.64. The third kappa shape index (κ3) is 10.5. The number of nitrogens with one attached hydrogen (secondary N) is 1. The van der Waals surface area contributed by atoms with E-state index < -0.39 is 59.8 Å². The van der Waals surface area contributed by atoms with Gasteiger partial charge >= 0.3 is 12.1 Å². The van der Waals surface area contributed by atoms with Crippen LogP contribution < -0.4 is 10.2 Å². The van der Waals surface area contributed by atoms with Gasteiger partial charge in [0.15, 0.2) is 5.72 Å². The number of ether oxygens (including phenoxy) is 4. The number of aliphatic hydroxyl groups is 1. The molecule has 0 aliphatic carbocycles. The first-order valence-electron chi connectivity index (χ1n) is 17.6. The van der Waals surface area contributed by atoms with Crippen molar-refractivity contribution >= 4 is 67.3 Å². The van der Waals surface area contributed by atoms with E-state index in [1.807, 2.05) is 52.8 Å². The van der Waals surface area contributed by atoms with Gasteiger partial charge in [0.25, 0.3) is 0 Å². The molecule has 8 atom stereocenters. The number of halogens is 1. The smallest absolute Gasteiger partial charge is 0.409 e. The number of allylic oxidation sites excluding steroid dienone is 3. The van der Waals surface area contributed by atoms with E-state index in [0.717, 1.165) is 16.7 Å². The highest BCUT2D eigenvalue weighted by atomic mass is 35.5. The number of carbonyl (C=O) groups excluding carboxylic acids is 4. The molecule has 2 saturated heterocycles. The van der Waals surface area contributed by atoms with E-state index in [4.69, 9.17) is 30.5 Å². The normalized spacial score (nSPS) is 31.4. The van der Waals surface area contributed by atoms with Gasteiger partial charge in [0.2, 0.25) is 11.8 Å². The molecule has 1 aromatic rings. The standard InChI is InChI=1S/C38H54ClN3O9S.H2S/c1-21-12-11-13-28(48-10)38(47)20-27(49-35(46)40-38)23(3)33-37(7,51-33)29(50-34(45)24(4)41(8)30(43)14-15-36(5,6)52)19-31(44)42(9)26-18-25(16-21)17-22(2)32(26)39;/h11-13,17-18,23-24,27-29,33,47,52H,14-16,19-20H2,1-10H3,(H,40,46);1H2/b13-11+,21-12+;/t23-,24+,27+,28-,29+,33+,37+,38+;/m1./s1. The van der Waals surface area contributed by atoms with E-state index in [1.54, 1.807) is 33.0 Å². The summed E-state index contributed by atoms with van der Waals surface area (Å²) in [5.41, 5.74) is 0.172. The minimum atomic E-state index is -1.81. The van der Waals surface area contributed by atoms with Gasteiger partial charge in [-0.2, -0.15) is 26.1 Å². The maximum atomic E-state index is 14.1. The topological polar surface area (TPSA) is 147 Å². The zero-order chi connectivity index (χ0) is 38.9. The molecule has 0 aromatic heterocycles. The Bertz CT molecular complexity index is 1620. The summed E-state index contributed by atoms with van der Waals surface area (Å²) in [7, 11) is 4.60. The van der Waals surface area contributed by atoms with E-state index in [2.05, 4.69) is 17.9 Å². The Hall–Kier alpha value is -2.75. The molecule has 15 heteroatoms. The van der Waals surface area contributed by atoms with Crippen LogP contribution in [0.1, 0.15) is 78.4 Å². The fraction of sp³-hybridized carbons (Fsp3) is 0.632. The van der Waals surface area contributed by atoms with Crippen molar-refractivity contribution in [3.63, 3.8) is 0 Å². The molecule has 0 saturated carbocycles. The van der Waals surface area contributed by atoms with Crippen LogP contribution in [-0.2, 0) is 39.8 Å². The van der Waals surface area contributed by atoms with Gasteiger partial charge in [0.05, 0.1) is 23.2 Å². The first-order valence-corrected chi connectivity index (χ1v) is 18.4. The third-order valence-corrected chi connectivity index (χ3v) is 11.2. The fourth-order valence-corrected chi connectivity index (χ4v) is 7.19. The Morgan fingerprint density at radius 2 is 1.92 bits per heavy atom. The van der Waals surface area contributed by atoms with Crippen LogP contribution in [0.4, 0.5) is 10.5 Å². The van der Waals surface area contributed by atoms with Crippen molar-refractivity contribution in [3.8, 4) is 0 Å². The van der Waals surface area contributed by atoms with Crippen molar-refractivity contribution in [2.45, 2.75) is 127 Å². The molecule has 4 rings (SSSR count). The van der Waals surface area contributed by atoms with Crippen LogP contribution in [0.2, 0.25) is 5.02 Å². The van der Waals surface area contributed by atoms with Crippen LogP contribution in [0, 0.1) is 12.8 Å². The second-order valence-corrected chi connectivity index (χ2v) is 16.9. The van der Waals surface area contributed by atoms with E-state index >= 15 is 0 Å².